The molecule has 0 saturated heterocycles. The Labute approximate surface area is 87.3 Å². The van der Waals surface area contributed by atoms with Gasteiger partial charge in [0.05, 0.1) is 5.69 Å². The van der Waals surface area contributed by atoms with Crippen molar-refractivity contribution in [2.24, 2.45) is 0 Å². The molecule has 0 aromatic carbocycles. The first-order valence-corrected chi connectivity index (χ1v) is 5.81. The number of aromatic nitrogens is 2. The molecule has 0 fully saturated rings. The molecule has 1 heterocycles. The van der Waals surface area contributed by atoms with E-state index < -0.39 is 0 Å². The summed E-state index contributed by atoms with van der Waals surface area (Å²) >= 11 is 0. The van der Waals surface area contributed by atoms with Crippen molar-refractivity contribution < 1.29 is 0 Å². The molecule has 0 spiro atoms. The molecule has 0 amide bonds. The molecule has 2 nitrogen and oxygen atoms in total. The van der Waals surface area contributed by atoms with E-state index in [1.165, 1.54) is 37.1 Å². The lowest BCUT2D eigenvalue weighted by Crippen LogP contribution is -2.02. The van der Waals surface area contributed by atoms with Crippen LogP contribution in [0.15, 0.2) is 6.07 Å². The number of rotatable bonds is 6. The van der Waals surface area contributed by atoms with Gasteiger partial charge in [-0.1, -0.05) is 26.7 Å². The largest absolute Gasteiger partial charge is 0.270 e. The van der Waals surface area contributed by atoms with E-state index in [1.54, 1.807) is 0 Å². The maximum absolute atomic E-state index is 4.60. The molecule has 0 saturated carbocycles. The molecule has 0 aliphatic rings. The lowest BCUT2D eigenvalue weighted by Gasteiger charge is -2.01. The van der Waals surface area contributed by atoms with Crippen molar-refractivity contribution in [3.8, 4) is 0 Å². The topological polar surface area (TPSA) is 17.8 Å². The molecule has 0 aliphatic heterocycles. The summed E-state index contributed by atoms with van der Waals surface area (Å²) in [7, 11) is 0. The predicted molar refractivity (Wildman–Crippen MR) is 60.5 cm³/mol. The SMILES string of the molecule is CCCCc1cc(C)n(CCCC)n1. The molecular formula is C12H22N2. The molecule has 0 radical (unpaired) electrons. The van der Waals surface area contributed by atoms with Crippen LogP contribution in [0.4, 0.5) is 0 Å². The van der Waals surface area contributed by atoms with Crippen LogP contribution in [0.5, 0.6) is 0 Å². The standard InChI is InChI=1S/C12H22N2/c1-4-6-8-12-10-11(3)14(13-12)9-7-5-2/h10H,4-9H2,1-3H3. The van der Waals surface area contributed by atoms with E-state index in [9.17, 15) is 0 Å². The van der Waals surface area contributed by atoms with Crippen molar-refractivity contribution in [2.75, 3.05) is 0 Å². The van der Waals surface area contributed by atoms with Gasteiger partial charge in [0, 0.05) is 12.2 Å². The summed E-state index contributed by atoms with van der Waals surface area (Å²) < 4.78 is 2.15. The molecule has 1 aromatic rings. The molecule has 0 aliphatic carbocycles. The van der Waals surface area contributed by atoms with Gasteiger partial charge >= 0.3 is 0 Å². The molecule has 1 aromatic heterocycles. The Morgan fingerprint density at radius 3 is 2.57 bits per heavy atom. The highest BCUT2D eigenvalue weighted by Crippen LogP contribution is 2.07. The van der Waals surface area contributed by atoms with Crippen molar-refractivity contribution >= 4 is 0 Å². The van der Waals surface area contributed by atoms with Crippen LogP contribution in [0.25, 0.3) is 0 Å². The van der Waals surface area contributed by atoms with Crippen LogP contribution in [-0.2, 0) is 13.0 Å². The number of aryl methyl sites for hydroxylation is 3. The maximum atomic E-state index is 4.60. The van der Waals surface area contributed by atoms with Crippen LogP contribution in [-0.4, -0.2) is 9.78 Å². The van der Waals surface area contributed by atoms with E-state index in [0.29, 0.717) is 0 Å². The Bertz CT molecular complexity index is 263. The highest BCUT2D eigenvalue weighted by molar-refractivity contribution is 5.08. The monoisotopic (exact) mass is 194 g/mol. The van der Waals surface area contributed by atoms with Crippen molar-refractivity contribution in [1.29, 1.82) is 0 Å². The first-order chi connectivity index (χ1) is 6.77. The van der Waals surface area contributed by atoms with Crippen LogP contribution in [0.1, 0.15) is 50.9 Å². The summed E-state index contributed by atoms with van der Waals surface area (Å²) in [6.45, 7) is 7.67. The molecule has 0 bridgehead atoms. The maximum Gasteiger partial charge on any atom is 0.0627 e. The molecule has 14 heavy (non-hydrogen) atoms. The Hall–Kier alpha value is -0.790. The minimum Gasteiger partial charge on any atom is -0.270 e. The van der Waals surface area contributed by atoms with Crippen molar-refractivity contribution in [3.63, 3.8) is 0 Å². The smallest absolute Gasteiger partial charge is 0.0627 e. The van der Waals surface area contributed by atoms with Gasteiger partial charge in [-0.3, -0.25) is 4.68 Å². The molecule has 0 unspecified atom stereocenters. The fraction of sp³-hybridized carbons (Fsp3) is 0.750. The molecule has 0 N–H and O–H groups in total. The van der Waals surface area contributed by atoms with E-state index in [1.807, 2.05) is 0 Å². The minimum absolute atomic E-state index is 1.08. The first kappa shape index (κ1) is 11.3. The number of unbranched alkanes of at least 4 members (excludes halogenated alkanes) is 2. The Balaban J connectivity index is 2.53. The second kappa shape index (κ2) is 5.84. The van der Waals surface area contributed by atoms with Crippen molar-refractivity contribution in [3.05, 3.63) is 17.5 Å². The summed E-state index contributed by atoms with van der Waals surface area (Å²) in [5, 5.41) is 4.60. The highest BCUT2D eigenvalue weighted by Gasteiger charge is 2.02. The fourth-order valence-corrected chi connectivity index (χ4v) is 1.59. The van der Waals surface area contributed by atoms with E-state index in [4.69, 9.17) is 0 Å². The summed E-state index contributed by atoms with van der Waals surface area (Å²) in [6, 6.07) is 2.23. The van der Waals surface area contributed by atoms with Crippen LogP contribution >= 0.6 is 0 Å². The van der Waals surface area contributed by atoms with Gasteiger partial charge < -0.3 is 0 Å². The second-order valence-electron chi connectivity index (χ2n) is 3.96. The van der Waals surface area contributed by atoms with Crippen LogP contribution in [0.3, 0.4) is 0 Å². The van der Waals surface area contributed by atoms with Gasteiger partial charge in [-0.2, -0.15) is 5.10 Å². The minimum atomic E-state index is 1.08. The van der Waals surface area contributed by atoms with E-state index >= 15 is 0 Å². The summed E-state index contributed by atoms with van der Waals surface area (Å²) in [4.78, 5) is 0. The quantitative estimate of drug-likeness (QED) is 0.679. The number of hydrogen-bond donors (Lipinski definition) is 0. The van der Waals surface area contributed by atoms with E-state index in [0.717, 1.165) is 13.0 Å². The molecular weight excluding hydrogens is 172 g/mol. The zero-order chi connectivity index (χ0) is 10.4. The van der Waals surface area contributed by atoms with Gasteiger partial charge in [0.1, 0.15) is 0 Å². The molecule has 2 heteroatoms. The van der Waals surface area contributed by atoms with Crippen molar-refractivity contribution in [2.45, 2.75) is 59.4 Å². The Morgan fingerprint density at radius 1 is 1.21 bits per heavy atom. The summed E-state index contributed by atoms with van der Waals surface area (Å²) in [5.74, 6) is 0. The normalized spacial score (nSPS) is 10.8. The molecule has 80 valence electrons. The Morgan fingerprint density at radius 2 is 1.93 bits per heavy atom. The molecule has 1 rings (SSSR count). The van der Waals surface area contributed by atoms with Gasteiger partial charge in [-0.15, -0.1) is 0 Å². The average Bonchev–Trinajstić information content (AvgIpc) is 2.53. The highest BCUT2D eigenvalue weighted by atomic mass is 15.3. The predicted octanol–water partition coefficient (Wildman–Crippen LogP) is 3.33. The molecule has 0 atom stereocenters. The Kier molecular flexibility index (Phi) is 4.71. The van der Waals surface area contributed by atoms with Crippen LogP contribution in [0, 0.1) is 6.92 Å². The zero-order valence-corrected chi connectivity index (χ0v) is 9.71. The van der Waals surface area contributed by atoms with Gasteiger partial charge in [0.25, 0.3) is 0 Å². The van der Waals surface area contributed by atoms with Crippen LogP contribution in [0.2, 0.25) is 0 Å². The van der Waals surface area contributed by atoms with Gasteiger partial charge in [-0.25, -0.2) is 0 Å². The number of nitrogens with zero attached hydrogens (tertiary/aromatic N) is 2. The third-order valence-corrected chi connectivity index (χ3v) is 2.54. The lowest BCUT2D eigenvalue weighted by molar-refractivity contribution is 0.551. The third-order valence-electron chi connectivity index (χ3n) is 2.54. The van der Waals surface area contributed by atoms with Crippen molar-refractivity contribution in [1.82, 2.24) is 9.78 Å². The summed E-state index contributed by atoms with van der Waals surface area (Å²) in [6.07, 6.45) is 6.11. The van der Waals surface area contributed by atoms with E-state index in [2.05, 4.69) is 36.6 Å². The third kappa shape index (κ3) is 3.17. The second-order valence-corrected chi connectivity index (χ2v) is 3.96. The lowest BCUT2D eigenvalue weighted by atomic mass is 10.2. The van der Waals surface area contributed by atoms with Crippen LogP contribution < -0.4 is 0 Å². The van der Waals surface area contributed by atoms with Gasteiger partial charge in [0.15, 0.2) is 0 Å². The number of hydrogen-bond acceptors (Lipinski definition) is 1. The fourth-order valence-electron chi connectivity index (χ4n) is 1.59. The zero-order valence-electron chi connectivity index (χ0n) is 9.71. The average molecular weight is 194 g/mol. The van der Waals surface area contributed by atoms with Gasteiger partial charge in [-0.05, 0) is 32.3 Å². The summed E-state index contributed by atoms with van der Waals surface area (Å²) in [5.41, 5.74) is 2.57. The van der Waals surface area contributed by atoms with E-state index in [-0.39, 0.29) is 0 Å². The van der Waals surface area contributed by atoms with Gasteiger partial charge in [0.2, 0.25) is 0 Å². The first-order valence-electron chi connectivity index (χ1n) is 5.81.